The Morgan fingerprint density at radius 1 is 0.920 bits per heavy atom. The number of rotatable bonds is 16. The van der Waals surface area contributed by atoms with Gasteiger partial charge in [0.05, 0.1) is 6.61 Å². The van der Waals surface area contributed by atoms with Gasteiger partial charge >= 0.3 is 14.5 Å². The van der Waals surface area contributed by atoms with Crippen molar-refractivity contribution in [3.63, 3.8) is 0 Å². The second-order valence-corrected chi connectivity index (χ2v) is 10.7. The molecule has 0 spiro atoms. The second-order valence-electron chi connectivity index (χ2n) is 6.85. The topological polar surface area (TPSA) is 44.8 Å². The molecule has 0 amide bonds. The van der Waals surface area contributed by atoms with E-state index in [0.717, 1.165) is 64.2 Å². The van der Waals surface area contributed by atoms with Gasteiger partial charge < -0.3 is 13.6 Å². The van der Waals surface area contributed by atoms with Gasteiger partial charge in [-0.3, -0.25) is 0 Å². The Balaban J connectivity index is 4.36. The van der Waals surface area contributed by atoms with Crippen molar-refractivity contribution in [2.75, 3.05) is 19.8 Å². The van der Waals surface area contributed by atoms with E-state index in [2.05, 4.69) is 27.7 Å². The van der Waals surface area contributed by atoms with Gasteiger partial charge in [0.25, 0.3) is 0 Å². The lowest BCUT2D eigenvalue weighted by Gasteiger charge is -2.34. The second kappa shape index (κ2) is 15.6. The summed E-state index contributed by atoms with van der Waals surface area (Å²) in [5, 5.41) is 0. The molecule has 0 aliphatic carbocycles. The zero-order chi connectivity index (χ0) is 19.0. The molecule has 0 fully saturated rings. The molecule has 148 valence electrons. The molecule has 0 saturated heterocycles. The molecule has 4 nitrogen and oxygen atoms in total. The van der Waals surface area contributed by atoms with Crippen molar-refractivity contribution < 1.29 is 18.4 Å². The molecule has 0 saturated carbocycles. The van der Waals surface area contributed by atoms with E-state index in [4.69, 9.17) is 13.6 Å². The molecule has 0 aliphatic rings. The summed E-state index contributed by atoms with van der Waals surface area (Å²) >= 11 is 0. The minimum Gasteiger partial charge on any atom is -0.463 e. The molecule has 0 radical (unpaired) electrons. The molecule has 0 aromatic heterocycles. The first-order chi connectivity index (χ1) is 12.0. The van der Waals surface area contributed by atoms with E-state index in [1.165, 1.54) is 6.08 Å². The molecule has 0 bridgehead atoms. The van der Waals surface area contributed by atoms with Gasteiger partial charge in [-0.1, -0.05) is 59.5 Å². The Morgan fingerprint density at radius 3 is 2.00 bits per heavy atom. The SMILES string of the molecule is CC=CC(=O)OCCCCC[Si](OCCCC)(OCCCC)C(C)C. The van der Waals surface area contributed by atoms with E-state index in [-0.39, 0.29) is 5.97 Å². The van der Waals surface area contributed by atoms with Crippen LogP contribution in [0.5, 0.6) is 0 Å². The summed E-state index contributed by atoms with van der Waals surface area (Å²) in [6.45, 7) is 12.8. The highest BCUT2D eigenvalue weighted by atomic mass is 28.4. The minimum atomic E-state index is -2.16. The Hall–Kier alpha value is -0.653. The predicted molar refractivity (Wildman–Crippen MR) is 107 cm³/mol. The first-order valence-electron chi connectivity index (χ1n) is 10.1. The molecule has 0 aliphatic heterocycles. The first kappa shape index (κ1) is 24.3. The van der Waals surface area contributed by atoms with Gasteiger partial charge in [-0.15, -0.1) is 0 Å². The lowest BCUT2D eigenvalue weighted by atomic mass is 10.3. The number of hydrogen-bond acceptors (Lipinski definition) is 4. The number of carbonyl (C=O) groups is 1. The molecule has 5 heteroatoms. The Bertz CT molecular complexity index is 346. The van der Waals surface area contributed by atoms with Gasteiger partial charge in [0.2, 0.25) is 0 Å². The Labute approximate surface area is 156 Å². The molecular formula is C20H40O4Si. The van der Waals surface area contributed by atoms with Crippen LogP contribution in [0.1, 0.15) is 79.6 Å². The fourth-order valence-corrected chi connectivity index (χ4v) is 5.93. The van der Waals surface area contributed by atoms with E-state index in [0.29, 0.717) is 12.1 Å². The summed E-state index contributed by atoms with van der Waals surface area (Å²) in [4.78, 5) is 11.3. The Kier molecular flexibility index (Phi) is 15.2. The van der Waals surface area contributed by atoms with E-state index in [1.807, 2.05) is 6.92 Å². The van der Waals surface area contributed by atoms with Gasteiger partial charge in [0, 0.05) is 19.3 Å². The van der Waals surface area contributed by atoms with Gasteiger partial charge in [0.1, 0.15) is 0 Å². The highest BCUT2D eigenvalue weighted by Crippen LogP contribution is 2.30. The summed E-state index contributed by atoms with van der Waals surface area (Å²) in [6.07, 6.45) is 10.7. The number of ether oxygens (including phenoxy) is 1. The number of allylic oxidation sites excluding steroid dienone is 1. The third-order valence-electron chi connectivity index (χ3n) is 4.28. The van der Waals surface area contributed by atoms with Crippen LogP contribution in [-0.2, 0) is 18.4 Å². The van der Waals surface area contributed by atoms with Gasteiger partial charge in [-0.25, -0.2) is 4.79 Å². The maximum Gasteiger partial charge on any atom is 0.340 e. The predicted octanol–water partition coefficient (Wildman–Crippen LogP) is 5.76. The standard InChI is InChI=1S/C20H40O4Si/c1-6-9-16-23-25(19(4)5,24-17-10-7-2)18-13-11-12-15-22-20(21)14-8-3/h8,14,19H,6-7,9-13,15-18H2,1-5H3. The highest BCUT2D eigenvalue weighted by molar-refractivity contribution is 6.68. The average Bonchev–Trinajstić information content (AvgIpc) is 2.57. The molecule has 0 aromatic carbocycles. The normalized spacial score (nSPS) is 12.2. The fraction of sp³-hybridized carbons (Fsp3) is 0.850. The molecule has 0 unspecified atom stereocenters. The maximum atomic E-state index is 11.3. The minimum absolute atomic E-state index is 0.251. The lowest BCUT2D eigenvalue weighted by Crippen LogP contribution is -2.45. The molecule has 0 atom stereocenters. The fourth-order valence-electron chi connectivity index (χ4n) is 2.59. The van der Waals surface area contributed by atoms with Crippen LogP contribution in [0.25, 0.3) is 0 Å². The van der Waals surface area contributed by atoms with Crippen molar-refractivity contribution >= 4 is 14.5 Å². The van der Waals surface area contributed by atoms with Crippen LogP contribution in [0.3, 0.4) is 0 Å². The van der Waals surface area contributed by atoms with Crippen LogP contribution in [0.4, 0.5) is 0 Å². The molecule has 0 heterocycles. The average molecular weight is 373 g/mol. The maximum absolute atomic E-state index is 11.3. The van der Waals surface area contributed by atoms with Gasteiger partial charge in [-0.2, -0.15) is 0 Å². The van der Waals surface area contributed by atoms with Gasteiger partial charge in [0.15, 0.2) is 0 Å². The summed E-state index contributed by atoms with van der Waals surface area (Å²) in [5.74, 6) is -0.251. The van der Waals surface area contributed by atoms with Crippen molar-refractivity contribution in [1.82, 2.24) is 0 Å². The smallest absolute Gasteiger partial charge is 0.340 e. The van der Waals surface area contributed by atoms with Crippen molar-refractivity contribution in [3.8, 4) is 0 Å². The highest BCUT2D eigenvalue weighted by Gasteiger charge is 2.40. The van der Waals surface area contributed by atoms with Crippen molar-refractivity contribution in [2.24, 2.45) is 0 Å². The quantitative estimate of drug-likeness (QED) is 0.149. The van der Waals surface area contributed by atoms with Crippen LogP contribution in [0.2, 0.25) is 11.6 Å². The zero-order valence-corrected chi connectivity index (χ0v) is 18.1. The van der Waals surface area contributed by atoms with E-state index >= 15 is 0 Å². The molecule has 0 aromatic rings. The summed E-state index contributed by atoms with van der Waals surface area (Å²) in [5.41, 5.74) is 0.453. The van der Waals surface area contributed by atoms with Gasteiger partial charge in [-0.05, 0) is 37.8 Å². The number of unbranched alkanes of at least 4 members (excludes halogenated alkanes) is 4. The Morgan fingerprint density at radius 2 is 1.52 bits per heavy atom. The number of carbonyl (C=O) groups excluding carboxylic acids is 1. The molecule has 0 N–H and O–H groups in total. The van der Waals surface area contributed by atoms with Crippen LogP contribution >= 0.6 is 0 Å². The van der Waals surface area contributed by atoms with Crippen LogP contribution in [-0.4, -0.2) is 34.4 Å². The monoisotopic (exact) mass is 372 g/mol. The first-order valence-corrected chi connectivity index (χ1v) is 12.2. The third-order valence-corrected chi connectivity index (χ3v) is 8.48. The summed E-state index contributed by atoms with van der Waals surface area (Å²) in [6, 6.07) is 1.03. The van der Waals surface area contributed by atoms with Crippen molar-refractivity contribution in [3.05, 3.63) is 12.2 Å². The van der Waals surface area contributed by atoms with Crippen LogP contribution in [0.15, 0.2) is 12.2 Å². The summed E-state index contributed by atoms with van der Waals surface area (Å²) < 4.78 is 17.9. The molecular weight excluding hydrogens is 332 g/mol. The van der Waals surface area contributed by atoms with Crippen LogP contribution < -0.4 is 0 Å². The zero-order valence-electron chi connectivity index (χ0n) is 17.1. The number of esters is 1. The molecule has 25 heavy (non-hydrogen) atoms. The summed E-state index contributed by atoms with van der Waals surface area (Å²) in [7, 11) is -2.16. The third kappa shape index (κ3) is 11.6. The van der Waals surface area contributed by atoms with E-state index in [9.17, 15) is 4.79 Å². The van der Waals surface area contributed by atoms with E-state index < -0.39 is 8.56 Å². The largest absolute Gasteiger partial charge is 0.463 e. The molecule has 0 rings (SSSR count). The number of hydrogen-bond donors (Lipinski definition) is 0. The van der Waals surface area contributed by atoms with Crippen LogP contribution in [0, 0.1) is 0 Å². The van der Waals surface area contributed by atoms with Crippen molar-refractivity contribution in [1.29, 1.82) is 0 Å². The van der Waals surface area contributed by atoms with Crippen molar-refractivity contribution in [2.45, 2.75) is 91.1 Å². The van der Waals surface area contributed by atoms with E-state index in [1.54, 1.807) is 6.08 Å². The lowest BCUT2D eigenvalue weighted by molar-refractivity contribution is -0.137.